The lowest BCUT2D eigenvalue weighted by molar-refractivity contribution is -0.115. The molecule has 1 saturated carbocycles. The summed E-state index contributed by atoms with van der Waals surface area (Å²) in [7, 11) is 0. The molecule has 1 heterocycles. The molecule has 0 spiro atoms. The van der Waals surface area contributed by atoms with Crippen molar-refractivity contribution in [3.05, 3.63) is 0 Å². The Hall–Kier alpha value is -0.370. The molecule has 62 valence electrons. The smallest absolute Gasteiger partial charge is 0.126 e. The predicted molar refractivity (Wildman–Crippen MR) is 41.3 cm³/mol. The van der Waals surface area contributed by atoms with Gasteiger partial charge in [0, 0.05) is 18.6 Å². The van der Waals surface area contributed by atoms with Crippen LogP contribution in [0.2, 0.25) is 0 Å². The second kappa shape index (κ2) is 2.59. The van der Waals surface area contributed by atoms with Crippen LogP contribution in [-0.4, -0.2) is 19.5 Å². The molecule has 0 aromatic heterocycles. The van der Waals surface area contributed by atoms with Crippen LogP contribution in [0.4, 0.5) is 0 Å². The molecule has 0 aromatic rings. The summed E-state index contributed by atoms with van der Waals surface area (Å²) in [5.74, 6) is 0.633. The number of rotatable bonds is 2. The number of hydrogen-bond acceptors (Lipinski definition) is 2. The van der Waals surface area contributed by atoms with Gasteiger partial charge in [-0.15, -0.1) is 0 Å². The SMILES string of the molecule is O=CC1(C2CCOCC2)CC1. The molecule has 2 fully saturated rings. The van der Waals surface area contributed by atoms with Crippen molar-refractivity contribution in [1.82, 2.24) is 0 Å². The zero-order valence-electron chi connectivity index (χ0n) is 6.71. The zero-order valence-corrected chi connectivity index (χ0v) is 6.71. The Balaban J connectivity index is 1.97. The van der Waals surface area contributed by atoms with Crippen LogP contribution in [0.5, 0.6) is 0 Å². The first kappa shape index (κ1) is 7.29. The molecule has 0 atom stereocenters. The molecule has 0 amide bonds. The van der Waals surface area contributed by atoms with E-state index in [1.165, 1.54) is 6.29 Å². The van der Waals surface area contributed by atoms with Gasteiger partial charge in [0.05, 0.1) is 0 Å². The fraction of sp³-hybridized carbons (Fsp3) is 0.889. The van der Waals surface area contributed by atoms with E-state index in [9.17, 15) is 4.79 Å². The predicted octanol–water partition coefficient (Wildman–Crippen LogP) is 1.39. The lowest BCUT2D eigenvalue weighted by atomic mass is 9.84. The van der Waals surface area contributed by atoms with Crippen LogP contribution in [0.15, 0.2) is 0 Å². The normalized spacial score (nSPS) is 29.8. The third-order valence-corrected chi connectivity index (χ3v) is 3.10. The average molecular weight is 154 g/mol. The lowest BCUT2D eigenvalue weighted by Crippen LogP contribution is -2.25. The first-order chi connectivity index (χ1) is 5.37. The fourth-order valence-electron chi connectivity index (χ4n) is 2.04. The van der Waals surface area contributed by atoms with E-state index < -0.39 is 0 Å². The Morgan fingerprint density at radius 1 is 1.27 bits per heavy atom. The van der Waals surface area contributed by atoms with Gasteiger partial charge in [0.2, 0.25) is 0 Å². The monoisotopic (exact) mass is 154 g/mol. The Morgan fingerprint density at radius 3 is 2.36 bits per heavy atom. The summed E-state index contributed by atoms with van der Waals surface area (Å²) in [6, 6.07) is 0. The van der Waals surface area contributed by atoms with Gasteiger partial charge in [0.25, 0.3) is 0 Å². The van der Waals surface area contributed by atoms with E-state index in [1.807, 2.05) is 0 Å². The van der Waals surface area contributed by atoms with Crippen molar-refractivity contribution in [1.29, 1.82) is 0 Å². The summed E-state index contributed by atoms with van der Waals surface area (Å²) < 4.78 is 5.25. The highest BCUT2D eigenvalue weighted by Gasteiger charge is 2.49. The van der Waals surface area contributed by atoms with Gasteiger partial charge in [-0.3, -0.25) is 0 Å². The Morgan fingerprint density at radius 2 is 1.91 bits per heavy atom. The standard InChI is InChI=1S/C9H14O2/c10-7-9(3-4-9)8-1-5-11-6-2-8/h7-8H,1-6H2. The third-order valence-electron chi connectivity index (χ3n) is 3.10. The summed E-state index contributed by atoms with van der Waals surface area (Å²) in [4.78, 5) is 10.7. The second-order valence-electron chi connectivity index (χ2n) is 3.74. The highest BCUT2D eigenvalue weighted by atomic mass is 16.5. The molecule has 0 N–H and O–H groups in total. The summed E-state index contributed by atoms with van der Waals surface area (Å²) in [6.07, 6.45) is 5.63. The molecule has 0 unspecified atom stereocenters. The van der Waals surface area contributed by atoms with Gasteiger partial charge in [-0.25, -0.2) is 0 Å². The maximum Gasteiger partial charge on any atom is 0.126 e. The van der Waals surface area contributed by atoms with E-state index in [4.69, 9.17) is 4.74 Å². The fourth-order valence-corrected chi connectivity index (χ4v) is 2.04. The zero-order chi connectivity index (χ0) is 7.73. The van der Waals surface area contributed by atoms with Gasteiger partial charge in [0.15, 0.2) is 0 Å². The van der Waals surface area contributed by atoms with Crippen LogP contribution in [0.25, 0.3) is 0 Å². The lowest BCUT2D eigenvalue weighted by Gasteiger charge is -2.26. The molecule has 2 nitrogen and oxygen atoms in total. The molecule has 1 aliphatic carbocycles. The highest BCUT2D eigenvalue weighted by Crippen LogP contribution is 2.53. The number of aldehydes is 1. The van der Waals surface area contributed by atoms with Crippen molar-refractivity contribution in [2.45, 2.75) is 25.7 Å². The molecule has 1 saturated heterocycles. The van der Waals surface area contributed by atoms with Crippen LogP contribution in [0.3, 0.4) is 0 Å². The molecule has 2 rings (SSSR count). The molecule has 2 aliphatic rings. The van der Waals surface area contributed by atoms with E-state index in [-0.39, 0.29) is 5.41 Å². The molecular weight excluding hydrogens is 140 g/mol. The van der Waals surface area contributed by atoms with Crippen molar-refractivity contribution in [3.63, 3.8) is 0 Å². The second-order valence-corrected chi connectivity index (χ2v) is 3.74. The highest BCUT2D eigenvalue weighted by molar-refractivity contribution is 5.64. The van der Waals surface area contributed by atoms with E-state index in [0.29, 0.717) is 5.92 Å². The quantitative estimate of drug-likeness (QED) is 0.562. The van der Waals surface area contributed by atoms with Gasteiger partial charge in [-0.05, 0) is 31.6 Å². The van der Waals surface area contributed by atoms with Gasteiger partial charge in [0.1, 0.15) is 6.29 Å². The minimum absolute atomic E-state index is 0.101. The largest absolute Gasteiger partial charge is 0.381 e. The Kier molecular flexibility index (Phi) is 1.72. The van der Waals surface area contributed by atoms with Crippen LogP contribution in [-0.2, 0) is 9.53 Å². The molecule has 0 radical (unpaired) electrons. The van der Waals surface area contributed by atoms with Gasteiger partial charge >= 0.3 is 0 Å². The molecular formula is C9H14O2. The van der Waals surface area contributed by atoms with Crippen molar-refractivity contribution in [2.75, 3.05) is 13.2 Å². The minimum Gasteiger partial charge on any atom is -0.381 e. The number of ether oxygens (including phenoxy) is 1. The molecule has 1 aliphatic heterocycles. The van der Waals surface area contributed by atoms with Crippen molar-refractivity contribution < 1.29 is 9.53 Å². The van der Waals surface area contributed by atoms with E-state index in [0.717, 1.165) is 38.9 Å². The van der Waals surface area contributed by atoms with Crippen LogP contribution in [0, 0.1) is 11.3 Å². The van der Waals surface area contributed by atoms with Crippen molar-refractivity contribution >= 4 is 6.29 Å². The summed E-state index contributed by atoms with van der Waals surface area (Å²) in [6.45, 7) is 1.72. The number of hydrogen-bond donors (Lipinski definition) is 0. The Bertz CT molecular complexity index is 155. The first-order valence-corrected chi connectivity index (χ1v) is 4.41. The van der Waals surface area contributed by atoms with Crippen LogP contribution in [0.1, 0.15) is 25.7 Å². The topological polar surface area (TPSA) is 26.3 Å². The van der Waals surface area contributed by atoms with Crippen molar-refractivity contribution in [2.24, 2.45) is 11.3 Å². The summed E-state index contributed by atoms with van der Waals surface area (Å²) >= 11 is 0. The molecule has 0 bridgehead atoms. The minimum atomic E-state index is 0.101. The van der Waals surface area contributed by atoms with Gasteiger partial charge in [-0.2, -0.15) is 0 Å². The number of carbonyl (C=O) groups is 1. The maximum atomic E-state index is 10.7. The molecule has 0 aromatic carbocycles. The third kappa shape index (κ3) is 1.20. The van der Waals surface area contributed by atoms with Gasteiger partial charge < -0.3 is 9.53 Å². The van der Waals surface area contributed by atoms with Crippen LogP contribution >= 0.6 is 0 Å². The first-order valence-electron chi connectivity index (χ1n) is 4.41. The Labute approximate surface area is 66.9 Å². The molecule has 11 heavy (non-hydrogen) atoms. The van der Waals surface area contributed by atoms with E-state index in [2.05, 4.69) is 0 Å². The van der Waals surface area contributed by atoms with Crippen LogP contribution < -0.4 is 0 Å². The van der Waals surface area contributed by atoms with Gasteiger partial charge in [-0.1, -0.05) is 0 Å². The average Bonchev–Trinajstić information content (AvgIpc) is 2.86. The summed E-state index contributed by atoms with van der Waals surface area (Å²) in [5.41, 5.74) is 0.101. The summed E-state index contributed by atoms with van der Waals surface area (Å²) in [5, 5.41) is 0. The van der Waals surface area contributed by atoms with E-state index in [1.54, 1.807) is 0 Å². The van der Waals surface area contributed by atoms with E-state index >= 15 is 0 Å². The molecule has 2 heteroatoms. The maximum absolute atomic E-state index is 10.7. The van der Waals surface area contributed by atoms with Crippen molar-refractivity contribution in [3.8, 4) is 0 Å². The number of carbonyl (C=O) groups excluding carboxylic acids is 1.